The van der Waals surface area contributed by atoms with Gasteiger partial charge in [0.15, 0.2) is 0 Å². The average molecular weight is 337 g/mol. The summed E-state index contributed by atoms with van der Waals surface area (Å²) in [5.74, 6) is 0.615. The summed E-state index contributed by atoms with van der Waals surface area (Å²) >= 11 is 10.1. The minimum Gasteiger partial charge on any atom is -0.143 e. The van der Waals surface area contributed by atoms with Crippen molar-refractivity contribution < 1.29 is 0 Å². The quantitative estimate of drug-likeness (QED) is 0.545. The van der Waals surface area contributed by atoms with Crippen LogP contribution in [0.2, 0.25) is 0 Å². The molecule has 0 unspecified atom stereocenters. The average Bonchev–Trinajstić information content (AvgIpc) is 2.60. The van der Waals surface area contributed by atoms with Gasteiger partial charge in [0.1, 0.15) is 0 Å². The lowest BCUT2D eigenvalue weighted by Crippen LogP contribution is -1.86. The third-order valence-electron chi connectivity index (χ3n) is 2.37. The Labute approximate surface area is 106 Å². The number of hydrogen-bond donors (Lipinski definition) is 0. The van der Waals surface area contributed by atoms with Crippen LogP contribution in [0.4, 0.5) is 0 Å². The minimum absolute atomic E-state index is 0.615. The lowest BCUT2D eigenvalue weighted by molar-refractivity contribution is 1.15. The second-order valence-electron chi connectivity index (χ2n) is 3.15. The summed E-state index contributed by atoms with van der Waals surface area (Å²) in [6, 6.07) is 4.37. The van der Waals surface area contributed by atoms with E-state index in [2.05, 4.69) is 47.0 Å². The van der Waals surface area contributed by atoms with E-state index in [1.54, 1.807) is 0 Å². The third kappa shape index (κ3) is 1.68. The summed E-state index contributed by atoms with van der Waals surface area (Å²) in [7, 11) is 0. The van der Waals surface area contributed by atoms with Crippen LogP contribution in [-0.2, 0) is 12.3 Å². The fourth-order valence-corrected chi connectivity index (χ4v) is 4.14. The summed E-state index contributed by atoms with van der Waals surface area (Å²) in [6.45, 7) is 2.21. The van der Waals surface area contributed by atoms with Crippen molar-refractivity contribution in [3.63, 3.8) is 0 Å². The molecule has 0 nitrogen and oxygen atoms in total. The molecule has 0 spiro atoms. The molecule has 1 aromatic heterocycles. The maximum absolute atomic E-state index is 5.89. The van der Waals surface area contributed by atoms with Crippen LogP contribution in [0.1, 0.15) is 18.1 Å². The number of halogens is 2. The Kier molecular flexibility index (Phi) is 3.34. The molecular formula is C11H10ClIS. The predicted octanol–water partition coefficient (Wildman–Crippen LogP) is 4.81. The van der Waals surface area contributed by atoms with Gasteiger partial charge in [-0.05, 0) is 57.0 Å². The Morgan fingerprint density at radius 1 is 1.43 bits per heavy atom. The molecule has 0 aliphatic carbocycles. The van der Waals surface area contributed by atoms with E-state index >= 15 is 0 Å². The van der Waals surface area contributed by atoms with Crippen molar-refractivity contribution >= 4 is 55.6 Å². The van der Waals surface area contributed by atoms with Gasteiger partial charge in [-0.3, -0.25) is 0 Å². The number of rotatable bonds is 2. The smallest absolute Gasteiger partial charge is 0.0488 e. The maximum Gasteiger partial charge on any atom is 0.0488 e. The highest BCUT2D eigenvalue weighted by atomic mass is 127. The van der Waals surface area contributed by atoms with Crippen LogP contribution in [0.15, 0.2) is 17.5 Å². The molecule has 0 aliphatic rings. The van der Waals surface area contributed by atoms with Gasteiger partial charge in [0.2, 0.25) is 0 Å². The van der Waals surface area contributed by atoms with E-state index in [1.807, 2.05) is 11.3 Å². The largest absolute Gasteiger partial charge is 0.143 e. The highest BCUT2D eigenvalue weighted by Gasteiger charge is 2.08. The summed E-state index contributed by atoms with van der Waals surface area (Å²) in [6.07, 6.45) is 1.10. The molecule has 0 bridgehead atoms. The zero-order chi connectivity index (χ0) is 10.1. The van der Waals surface area contributed by atoms with Crippen molar-refractivity contribution in [1.82, 2.24) is 0 Å². The van der Waals surface area contributed by atoms with Crippen LogP contribution in [0.5, 0.6) is 0 Å². The zero-order valence-corrected chi connectivity index (χ0v) is 11.5. The molecule has 1 heterocycles. The van der Waals surface area contributed by atoms with Gasteiger partial charge in [0, 0.05) is 14.2 Å². The van der Waals surface area contributed by atoms with E-state index in [0.717, 1.165) is 6.42 Å². The van der Waals surface area contributed by atoms with E-state index < -0.39 is 0 Å². The Balaban J connectivity index is 2.76. The fraction of sp³-hybridized carbons (Fsp3) is 0.273. The van der Waals surface area contributed by atoms with Crippen molar-refractivity contribution in [3.8, 4) is 0 Å². The van der Waals surface area contributed by atoms with Crippen LogP contribution in [0.25, 0.3) is 10.1 Å². The number of benzene rings is 1. The van der Waals surface area contributed by atoms with Crippen molar-refractivity contribution in [2.75, 3.05) is 0 Å². The first-order chi connectivity index (χ1) is 6.77. The van der Waals surface area contributed by atoms with Gasteiger partial charge in [-0.1, -0.05) is 13.0 Å². The first-order valence-corrected chi connectivity index (χ1v) is 7.00. The summed E-state index contributed by atoms with van der Waals surface area (Å²) < 4.78 is 2.77. The standard InChI is InChI=1S/C11H10ClIS/c1-2-8-10(13)4-3-9-7(5-12)6-14-11(8)9/h3-4,6H,2,5H2,1H3. The van der Waals surface area contributed by atoms with Gasteiger partial charge in [-0.25, -0.2) is 0 Å². The number of alkyl halides is 1. The number of fused-ring (bicyclic) bond motifs is 1. The van der Waals surface area contributed by atoms with E-state index in [0.29, 0.717) is 5.88 Å². The minimum atomic E-state index is 0.615. The van der Waals surface area contributed by atoms with Crippen molar-refractivity contribution in [3.05, 3.63) is 32.2 Å². The van der Waals surface area contributed by atoms with Crippen LogP contribution >= 0.6 is 45.5 Å². The molecule has 0 saturated heterocycles. The normalized spacial score (nSPS) is 11.1. The van der Waals surface area contributed by atoms with Crippen molar-refractivity contribution in [2.24, 2.45) is 0 Å². The molecule has 3 heteroatoms. The highest BCUT2D eigenvalue weighted by molar-refractivity contribution is 14.1. The van der Waals surface area contributed by atoms with Crippen molar-refractivity contribution in [2.45, 2.75) is 19.2 Å². The Bertz CT molecular complexity index is 462. The number of aryl methyl sites for hydroxylation is 1. The lowest BCUT2D eigenvalue weighted by Gasteiger charge is -2.03. The van der Waals surface area contributed by atoms with Crippen molar-refractivity contribution in [1.29, 1.82) is 0 Å². The van der Waals surface area contributed by atoms with E-state index in [9.17, 15) is 0 Å². The van der Waals surface area contributed by atoms with E-state index in [4.69, 9.17) is 11.6 Å². The maximum atomic E-state index is 5.89. The molecule has 14 heavy (non-hydrogen) atoms. The first-order valence-electron chi connectivity index (χ1n) is 4.51. The monoisotopic (exact) mass is 336 g/mol. The molecule has 74 valence electrons. The van der Waals surface area contributed by atoms with Crippen LogP contribution in [0, 0.1) is 3.57 Å². The molecule has 0 aliphatic heterocycles. The SMILES string of the molecule is CCc1c(I)ccc2c(CCl)csc12. The molecule has 0 saturated carbocycles. The molecule has 2 rings (SSSR count). The number of thiophene rings is 1. The van der Waals surface area contributed by atoms with Gasteiger partial charge in [-0.15, -0.1) is 22.9 Å². The second-order valence-corrected chi connectivity index (χ2v) is 5.46. The molecular weight excluding hydrogens is 327 g/mol. The fourth-order valence-electron chi connectivity index (χ4n) is 1.62. The second kappa shape index (κ2) is 4.37. The molecule has 0 fully saturated rings. The third-order valence-corrected chi connectivity index (χ3v) is 4.77. The summed E-state index contributed by atoms with van der Waals surface area (Å²) in [5.41, 5.74) is 2.72. The van der Waals surface area contributed by atoms with Gasteiger partial charge in [-0.2, -0.15) is 0 Å². The van der Waals surface area contributed by atoms with Crippen LogP contribution < -0.4 is 0 Å². The number of hydrogen-bond acceptors (Lipinski definition) is 1. The topological polar surface area (TPSA) is 0 Å². The van der Waals surface area contributed by atoms with Gasteiger partial charge >= 0.3 is 0 Å². The zero-order valence-electron chi connectivity index (χ0n) is 7.81. The van der Waals surface area contributed by atoms with Gasteiger partial charge in [0.25, 0.3) is 0 Å². The molecule has 2 aromatic rings. The molecule has 0 N–H and O–H groups in total. The Morgan fingerprint density at radius 3 is 2.86 bits per heavy atom. The van der Waals surface area contributed by atoms with Crippen LogP contribution in [-0.4, -0.2) is 0 Å². The first kappa shape index (κ1) is 10.7. The summed E-state index contributed by atoms with van der Waals surface area (Å²) in [4.78, 5) is 0. The van der Waals surface area contributed by atoms with Gasteiger partial charge < -0.3 is 0 Å². The molecule has 0 amide bonds. The summed E-state index contributed by atoms with van der Waals surface area (Å²) in [5, 5.41) is 3.51. The predicted molar refractivity (Wildman–Crippen MR) is 73.5 cm³/mol. The van der Waals surface area contributed by atoms with Gasteiger partial charge in [0.05, 0.1) is 0 Å². The molecule has 1 aromatic carbocycles. The molecule has 0 atom stereocenters. The van der Waals surface area contributed by atoms with E-state index in [1.165, 1.54) is 24.8 Å². The highest BCUT2D eigenvalue weighted by Crippen LogP contribution is 2.32. The lowest BCUT2D eigenvalue weighted by atomic mass is 10.1. The Hall–Kier alpha value is 0.200. The molecule has 0 radical (unpaired) electrons. The van der Waals surface area contributed by atoms with E-state index in [-0.39, 0.29) is 0 Å². The Morgan fingerprint density at radius 2 is 2.21 bits per heavy atom. The van der Waals surface area contributed by atoms with Crippen LogP contribution in [0.3, 0.4) is 0 Å².